The first-order valence-electron chi connectivity index (χ1n) is 8.58. The number of amides is 1. The second-order valence-corrected chi connectivity index (χ2v) is 8.05. The second kappa shape index (κ2) is 7.44. The fraction of sp³-hybridized carbons (Fsp3) is 0.300. The van der Waals surface area contributed by atoms with Crippen molar-refractivity contribution in [3.8, 4) is 22.5 Å². The molecule has 3 aromatic rings. The molecule has 0 aliphatic rings. The van der Waals surface area contributed by atoms with Crippen LogP contribution >= 0.6 is 11.3 Å². The molecule has 0 aliphatic carbocycles. The quantitative estimate of drug-likeness (QED) is 0.671. The van der Waals surface area contributed by atoms with Gasteiger partial charge in [0, 0.05) is 22.2 Å². The number of hydrogen-bond donors (Lipinski definition) is 1. The fourth-order valence-corrected chi connectivity index (χ4v) is 3.26. The van der Waals surface area contributed by atoms with Gasteiger partial charge in [0.05, 0.1) is 11.4 Å². The van der Waals surface area contributed by atoms with E-state index in [9.17, 15) is 4.79 Å². The van der Waals surface area contributed by atoms with Gasteiger partial charge in [-0.2, -0.15) is 0 Å². The summed E-state index contributed by atoms with van der Waals surface area (Å²) in [5.41, 5.74) is 4.00. The van der Waals surface area contributed by atoms with E-state index in [1.54, 1.807) is 0 Å². The van der Waals surface area contributed by atoms with Gasteiger partial charge in [-0.05, 0) is 46.8 Å². The molecule has 0 saturated heterocycles. The van der Waals surface area contributed by atoms with Crippen LogP contribution in [-0.2, 0) is 4.74 Å². The molecular formula is C20H22N4O2S. The van der Waals surface area contributed by atoms with Crippen LogP contribution in [0.25, 0.3) is 22.5 Å². The van der Waals surface area contributed by atoms with Gasteiger partial charge in [0.25, 0.3) is 0 Å². The number of rotatable bonds is 3. The Morgan fingerprint density at radius 3 is 2.41 bits per heavy atom. The molecule has 0 unspecified atom stereocenters. The highest BCUT2D eigenvalue weighted by molar-refractivity contribution is 7.14. The monoisotopic (exact) mass is 382 g/mol. The summed E-state index contributed by atoms with van der Waals surface area (Å²) in [6.45, 7) is 9.30. The predicted molar refractivity (Wildman–Crippen MR) is 108 cm³/mol. The third kappa shape index (κ3) is 5.10. The lowest BCUT2D eigenvalue weighted by Crippen LogP contribution is -2.27. The van der Waals surface area contributed by atoms with E-state index >= 15 is 0 Å². The molecular weight excluding hydrogens is 360 g/mol. The first-order chi connectivity index (χ1) is 12.7. The van der Waals surface area contributed by atoms with Crippen LogP contribution < -0.4 is 5.32 Å². The highest BCUT2D eigenvalue weighted by atomic mass is 32.1. The van der Waals surface area contributed by atoms with Crippen LogP contribution in [-0.4, -0.2) is 26.6 Å². The second-order valence-electron chi connectivity index (χ2n) is 7.19. The van der Waals surface area contributed by atoms with Gasteiger partial charge in [0.1, 0.15) is 11.4 Å². The number of nitrogens with one attached hydrogen (secondary N) is 1. The molecule has 1 N–H and O–H groups in total. The SMILES string of the molecule is Cc1cc(-c2cccc(-c3csc(NC(=O)OC(C)(C)C)n3)c2)nc(C)n1. The molecule has 140 valence electrons. The Balaban J connectivity index is 1.82. The molecule has 2 heterocycles. The molecule has 6 nitrogen and oxygen atoms in total. The lowest BCUT2D eigenvalue weighted by atomic mass is 10.1. The average Bonchev–Trinajstić information content (AvgIpc) is 3.00. The average molecular weight is 382 g/mol. The third-order valence-electron chi connectivity index (χ3n) is 3.53. The molecule has 1 amide bonds. The Morgan fingerprint density at radius 1 is 1.04 bits per heavy atom. The molecule has 0 fully saturated rings. The van der Waals surface area contributed by atoms with E-state index in [0.717, 1.165) is 34.0 Å². The number of nitrogens with zero attached hydrogens (tertiary/aromatic N) is 3. The van der Waals surface area contributed by atoms with Crippen LogP contribution in [0.3, 0.4) is 0 Å². The molecule has 7 heteroatoms. The minimum Gasteiger partial charge on any atom is -0.444 e. The summed E-state index contributed by atoms with van der Waals surface area (Å²) < 4.78 is 5.26. The third-order valence-corrected chi connectivity index (χ3v) is 4.29. The maximum Gasteiger partial charge on any atom is 0.413 e. The Hall–Kier alpha value is -2.80. The lowest BCUT2D eigenvalue weighted by Gasteiger charge is -2.18. The van der Waals surface area contributed by atoms with Gasteiger partial charge in [0.15, 0.2) is 5.13 Å². The number of ether oxygens (including phenoxy) is 1. The summed E-state index contributed by atoms with van der Waals surface area (Å²) in [5, 5.41) is 5.08. The van der Waals surface area contributed by atoms with Crippen molar-refractivity contribution in [3.63, 3.8) is 0 Å². The van der Waals surface area contributed by atoms with E-state index in [1.165, 1.54) is 11.3 Å². The number of carbonyl (C=O) groups excluding carboxylic acids is 1. The molecule has 1 aromatic carbocycles. The van der Waals surface area contributed by atoms with E-state index < -0.39 is 11.7 Å². The van der Waals surface area contributed by atoms with Gasteiger partial charge < -0.3 is 4.74 Å². The van der Waals surface area contributed by atoms with E-state index in [2.05, 4.69) is 20.3 Å². The normalized spacial score (nSPS) is 11.3. The number of anilines is 1. The first-order valence-corrected chi connectivity index (χ1v) is 9.46. The highest BCUT2D eigenvalue weighted by Crippen LogP contribution is 2.28. The molecule has 0 bridgehead atoms. The Morgan fingerprint density at radius 2 is 1.74 bits per heavy atom. The largest absolute Gasteiger partial charge is 0.444 e. The summed E-state index contributed by atoms with van der Waals surface area (Å²) in [6.07, 6.45) is -0.510. The molecule has 3 rings (SSSR count). The topological polar surface area (TPSA) is 77.0 Å². The zero-order chi connectivity index (χ0) is 19.6. The van der Waals surface area contributed by atoms with Crippen LogP contribution in [0.1, 0.15) is 32.3 Å². The van der Waals surface area contributed by atoms with Crippen LogP contribution in [0.2, 0.25) is 0 Å². The summed E-state index contributed by atoms with van der Waals surface area (Å²) in [6, 6.07) is 9.96. The minimum absolute atomic E-state index is 0.498. The number of thiazole rings is 1. The van der Waals surface area contributed by atoms with Crippen LogP contribution in [0, 0.1) is 13.8 Å². The van der Waals surface area contributed by atoms with Crippen LogP contribution in [0.4, 0.5) is 9.93 Å². The van der Waals surface area contributed by atoms with Crippen molar-refractivity contribution in [3.05, 3.63) is 47.2 Å². The Bertz CT molecular complexity index is 956. The van der Waals surface area contributed by atoms with Gasteiger partial charge in [-0.3, -0.25) is 5.32 Å². The van der Waals surface area contributed by atoms with Crippen molar-refractivity contribution in [1.29, 1.82) is 0 Å². The van der Waals surface area contributed by atoms with Gasteiger partial charge >= 0.3 is 6.09 Å². The predicted octanol–water partition coefficient (Wildman–Crippen LogP) is 5.23. The molecule has 0 aliphatic heterocycles. The summed E-state index contributed by atoms with van der Waals surface area (Å²) in [7, 11) is 0. The minimum atomic E-state index is -0.549. The van der Waals surface area contributed by atoms with Crippen molar-refractivity contribution in [2.75, 3.05) is 5.32 Å². The van der Waals surface area contributed by atoms with E-state index in [4.69, 9.17) is 4.74 Å². The molecule has 0 saturated carbocycles. The van der Waals surface area contributed by atoms with Crippen molar-refractivity contribution >= 4 is 22.6 Å². The molecule has 0 spiro atoms. The Labute approximate surface area is 162 Å². The van der Waals surface area contributed by atoms with Gasteiger partial charge in [-0.25, -0.2) is 19.7 Å². The van der Waals surface area contributed by atoms with Crippen molar-refractivity contribution < 1.29 is 9.53 Å². The zero-order valence-corrected chi connectivity index (χ0v) is 16.8. The number of benzene rings is 1. The number of aryl methyl sites for hydroxylation is 2. The van der Waals surface area contributed by atoms with Crippen molar-refractivity contribution in [2.45, 2.75) is 40.2 Å². The smallest absolute Gasteiger partial charge is 0.413 e. The molecule has 0 radical (unpaired) electrons. The van der Waals surface area contributed by atoms with Gasteiger partial charge in [-0.1, -0.05) is 18.2 Å². The van der Waals surface area contributed by atoms with Gasteiger partial charge in [0.2, 0.25) is 0 Å². The lowest BCUT2D eigenvalue weighted by molar-refractivity contribution is 0.0636. The summed E-state index contributed by atoms with van der Waals surface area (Å²) in [4.78, 5) is 25.2. The first kappa shape index (κ1) is 19.0. The van der Waals surface area contributed by atoms with E-state index in [-0.39, 0.29) is 0 Å². The molecule has 0 atom stereocenters. The van der Waals surface area contributed by atoms with E-state index in [0.29, 0.717) is 5.13 Å². The zero-order valence-electron chi connectivity index (χ0n) is 16.0. The maximum absolute atomic E-state index is 11.9. The van der Waals surface area contributed by atoms with Crippen LogP contribution in [0.5, 0.6) is 0 Å². The number of carbonyl (C=O) groups is 1. The van der Waals surface area contributed by atoms with E-state index in [1.807, 2.05) is 70.3 Å². The fourth-order valence-electron chi connectivity index (χ4n) is 2.56. The number of hydrogen-bond acceptors (Lipinski definition) is 6. The van der Waals surface area contributed by atoms with Gasteiger partial charge in [-0.15, -0.1) is 11.3 Å². The molecule has 2 aromatic heterocycles. The van der Waals surface area contributed by atoms with Crippen molar-refractivity contribution in [1.82, 2.24) is 15.0 Å². The van der Waals surface area contributed by atoms with Crippen molar-refractivity contribution in [2.24, 2.45) is 0 Å². The molecule has 27 heavy (non-hydrogen) atoms. The summed E-state index contributed by atoms with van der Waals surface area (Å²) in [5.74, 6) is 0.743. The Kier molecular flexibility index (Phi) is 5.23. The highest BCUT2D eigenvalue weighted by Gasteiger charge is 2.17. The standard InChI is InChI=1S/C20H22N4O2S/c1-12-9-16(22-13(2)21-12)14-7-6-8-15(10-14)17-11-27-18(23-17)24-19(25)26-20(3,4)5/h6-11H,1-5H3,(H,23,24,25). The number of aromatic nitrogens is 3. The van der Waals surface area contributed by atoms with Crippen LogP contribution in [0.15, 0.2) is 35.7 Å². The maximum atomic E-state index is 11.9. The summed E-state index contributed by atoms with van der Waals surface area (Å²) >= 11 is 1.36.